The van der Waals surface area contributed by atoms with Crippen molar-refractivity contribution in [3.8, 4) is 5.75 Å². The fourth-order valence-electron chi connectivity index (χ4n) is 3.23. The SMILES string of the molecule is COc1ccc(C=Nn2cc(C)nc2N)c(CN2CCCCCC2)c1. The summed E-state index contributed by atoms with van der Waals surface area (Å²) in [6, 6.07) is 6.13. The number of aryl methyl sites for hydroxylation is 1. The van der Waals surface area contributed by atoms with Crippen molar-refractivity contribution in [2.24, 2.45) is 5.10 Å². The highest BCUT2D eigenvalue weighted by molar-refractivity contribution is 5.82. The molecule has 0 atom stereocenters. The van der Waals surface area contributed by atoms with Crippen molar-refractivity contribution >= 4 is 12.2 Å². The van der Waals surface area contributed by atoms with Crippen LogP contribution in [0.2, 0.25) is 0 Å². The number of anilines is 1. The molecule has 1 fully saturated rings. The standard InChI is InChI=1S/C19H27N5O/c1-15-13-24(19(20)22-15)21-12-16-7-8-18(25-2)11-17(16)14-23-9-5-3-4-6-10-23/h7-8,11-13H,3-6,9-10,14H2,1-2H3,(H2,20,22). The van der Waals surface area contributed by atoms with Crippen LogP contribution in [0.25, 0.3) is 0 Å². The third-order valence-corrected chi connectivity index (χ3v) is 4.60. The molecule has 6 heteroatoms. The average molecular weight is 341 g/mol. The largest absolute Gasteiger partial charge is 0.497 e. The highest BCUT2D eigenvalue weighted by atomic mass is 16.5. The minimum Gasteiger partial charge on any atom is -0.497 e. The van der Waals surface area contributed by atoms with Crippen molar-refractivity contribution < 1.29 is 4.74 Å². The van der Waals surface area contributed by atoms with Gasteiger partial charge >= 0.3 is 0 Å². The molecular formula is C19H27N5O. The molecule has 0 unspecified atom stereocenters. The maximum absolute atomic E-state index is 5.87. The topological polar surface area (TPSA) is 68.7 Å². The first kappa shape index (κ1) is 17.5. The molecule has 1 aromatic heterocycles. The number of nitrogen functional groups attached to an aromatic ring is 1. The van der Waals surface area contributed by atoms with Gasteiger partial charge in [0.1, 0.15) is 5.75 Å². The van der Waals surface area contributed by atoms with Crippen molar-refractivity contribution in [2.45, 2.75) is 39.2 Å². The van der Waals surface area contributed by atoms with Crippen LogP contribution < -0.4 is 10.5 Å². The Kier molecular flexibility index (Phi) is 5.71. The number of nitrogens with zero attached hydrogens (tertiary/aromatic N) is 4. The summed E-state index contributed by atoms with van der Waals surface area (Å²) in [6.07, 6.45) is 8.90. The van der Waals surface area contributed by atoms with E-state index in [1.807, 2.05) is 25.4 Å². The van der Waals surface area contributed by atoms with E-state index in [0.29, 0.717) is 5.95 Å². The Morgan fingerprint density at radius 1 is 1.24 bits per heavy atom. The second-order valence-electron chi connectivity index (χ2n) is 6.58. The summed E-state index contributed by atoms with van der Waals surface area (Å²) >= 11 is 0. The van der Waals surface area contributed by atoms with Gasteiger partial charge in [-0.3, -0.25) is 4.90 Å². The first-order valence-electron chi connectivity index (χ1n) is 8.91. The number of nitrogens with two attached hydrogens (primary N) is 1. The van der Waals surface area contributed by atoms with Gasteiger partial charge in [0, 0.05) is 6.54 Å². The molecule has 2 aromatic rings. The van der Waals surface area contributed by atoms with Crippen LogP contribution in [-0.2, 0) is 6.54 Å². The second kappa shape index (κ2) is 8.16. The lowest BCUT2D eigenvalue weighted by Gasteiger charge is -2.21. The van der Waals surface area contributed by atoms with E-state index >= 15 is 0 Å². The summed E-state index contributed by atoms with van der Waals surface area (Å²) in [5, 5.41) is 4.47. The maximum Gasteiger partial charge on any atom is 0.221 e. The number of aromatic nitrogens is 2. The fourth-order valence-corrected chi connectivity index (χ4v) is 3.23. The zero-order valence-corrected chi connectivity index (χ0v) is 15.1. The zero-order valence-electron chi connectivity index (χ0n) is 15.1. The number of rotatable bonds is 5. The molecule has 1 aliphatic heterocycles. The molecule has 1 saturated heterocycles. The quantitative estimate of drug-likeness (QED) is 0.849. The molecule has 2 N–H and O–H groups in total. The second-order valence-corrected chi connectivity index (χ2v) is 6.58. The Balaban J connectivity index is 1.83. The normalized spacial score (nSPS) is 16.2. The van der Waals surface area contributed by atoms with E-state index in [2.05, 4.69) is 27.1 Å². The van der Waals surface area contributed by atoms with E-state index < -0.39 is 0 Å². The number of ether oxygens (including phenoxy) is 1. The molecule has 0 spiro atoms. The molecule has 3 rings (SSSR count). The van der Waals surface area contributed by atoms with E-state index in [-0.39, 0.29) is 0 Å². The van der Waals surface area contributed by atoms with Gasteiger partial charge in [-0.1, -0.05) is 12.8 Å². The molecule has 25 heavy (non-hydrogen) atoms. The van der Waals surface area contributed by atoms with Crippen LogP contribution in [0.15, 0.2) is 29.5 Å². The summed E-state index contributed by atoms with van der Waals surface area (Å²) in [5.74, 6) is 1.27. The Morgan fingerprint density at radius 2 is 2.00 bits per heavy atom. The Morgan fingerprint density at radius 3 is 2.64 bits per heavy atom. The van der Waals surface area contributed by atoms with Gasteiger partial charge in [0.15, 0.2) is 0 Å². The third kappa shape index (κ3) is 4.60. The highest BCUT2D eigenvalue weighted by Crippen LogP contribution is 2.20. The predicted molar refractivity (Wildman–Crippen MR) is 101 cm³/mol. The van der Waals surface area contributed by atoms with Crippen LogP contribution >= 0.6 is 0 Å². The molecule has 0 amide bonds. The minimum atomic E-state index is 0.399. The molecule has 0 radical (unpaired) electrons. The summed E-state index contributed by atoms with van der Waals surface area (Å²) in [4.78, 5) is 6.70. The predicted octanol–water partition coefficient (Wildman–Crippen LogP) is 3.04. The first-order chi connectivity index (χ1) is 12.2. The number of methoxy groups -OCH3 is 1. The summed E-state index contributed by atoms with van der Waals surface area (Å²) in [6.45, 7) is 5.13. The number of likely N-dealkylation sites (tertiary alicyclic amines) is 1. The molecule has 6 nitrogen and oxygen atoms in total. The molecule has 0 aliphatic carbocycles. The number of hydrogen-bond donors (Lipinski definition) is 1. The van der Waals surface area contributed by atoms with Crippen molar-refractivity contribution in [1.82, 2.24) is 14.6 Å². The van der Waals surface area contributed by atoms with Gasteiger partial charge in [0.2, 0.25) is 5.95 Å². The third-order valence-electron chi connectivity index (χ3n) is 4.60. The molecule has 0 saturated carbocycles. The van der Waals surface area contributed by atoms with Crippen molar-refractivity contribution in [1.29, 1.82) is 0 Å². The molecule has 134 valence electrons. The van der Waals surface area contributed by atoms with Gasteiger partial charge < -0.3 is 10.5 Å². The van der Waals surface area contributed by atoms with Gasteiger partial charge in [-0.25, -0.2) is 9.66 Å². The van der Waals surface area contributed by atoms with Crippen molar-refractivity contribution in [3.05, 3.63) is 41.2 Å². The first-order valence-corrected chi connectivity index (χ1v) is 8.91. The molecule has 1 aliphatic rings. The van der Waals surface area contributed by atoms with Gasteiger partial charge in [-0.15, -0.1) is 0 Å². The summed E-state index contributed by atoms with van der Waals surface area (Å²) in [7, 11) is 1.70. The molecule has 2 heterocycles. The number of imidazole rings is 1. The molecule has 1 aromatic carbocycles. The summed E-state index contributed by atoms with van der Waals surface area (Å²) in [5.41, 5.74) is 9.02. The lowest BCUT2D eigenvalue weighted by Crippen LogP contribution is -2.24. The van der Waals surface area contributed by atoms with Gasteiger partial charge in [0.05, 0.1) is 25.2 Å². The number of hydrogen-bond acceptors (Lipinski definition) is 5. The zero-order chi connectivity index (χ0) is 17.6. The summed E-state index contributed by atoms with van der Waals surface area (Å²) < 4.78 is 7.02. The fraction of sp³-hybridized carbons (Fsp3) is 0.474. The Bertz CT molecular complexity index is 729. The highest BCUT2D eigenvalue weighted by Gasteiger charge is 2.12. The van der Waals surface area contributed by atoms with Crippen LogP contribution in [0.5, 0.6) is 5.75 Å². The molecular weight excluding hydrogens is 314 g/mol. The minimum absolute atomic E-state index is 0.399. The van der Waals surface area contributed by atoms with E-state index in [9.17, 15) is 0 Å². The molecule has 0 bridgehead atoms. The van der Waals surface area contributed by atoms with E-state index in [4.69, 9.17) is 10.5 Å². The van der Waals surface area contributed by atoms with E-state index in [1.165, 1.54) is 31.2 Å². The monoisotopic (exact) mass is 341 g/mol. The van der Waals surface area contributed by atoms with E-state index in [1.54, 1.807) is 11.8 Å². The Hall–Kier alpha value is -2.34. The van der Waals surface area contributed by atoms with Crippen molar-refractivity contribution in [2.75, 3.05) is 25.9 Å². The lowest BCUT2D eigenvalue weighted by atomic mass is 10.1. The number of benzene rings is 1. The van der Waals surface area contributed by atoms with Gasteiger partial charge in [0.25, 0.3) is 0 Å². The van der Waals surface area contributed by atoms with Crippen LogP contribution in [0.4, 0.5) is 5.95 Å². The average Bonchev–Trinajstić information content (AvgIpc) is 2.79. The van der Waals surface area contributed by atoms with Crippen molar-refractivity contribution in [3.63, 3.8) is 0 Å². The smallest absolute Gasteiger partial charge is 0.221 e. The van der Waals surface area contributed by atoms with Crippen LogP contribution in [0.3, 0.4) is 0 Å². The van der Waals surface area contributed by atoms with Gasteiger partial charge in [-0.2, -0.15) is 5.10 Å². The lowest BCUT2D eigenvalue weighted by molar-refractivity contribution is 0.276. The van der Waals surface area contributed by atoms with Crippen LogP contribution in [-0.4, -0.2) is 41.0 Å². The Labute approximate surface area is 149 Å². The van der Waals surface area contributed by atoms with Crippen LogP contribution in [0.1, 0.15) is 42.5 Å². The maximum atomic E-state index is 5.87. The van der Waals surface area contributed by atoms with E-state index in [0.717, 1.165) is 36.6 Å². The van der Waals surface area contributed by atoms with Crippen LogP contribution in [0, 0.1) is 6.92 Å². The van der Waals surface area contributed by atoms with Gasteiger partial charge in [-0.05, 0) is 62.2 Å².